The number of pyridine rings is 2. The zero-order valence-electron chi connectivity index (χ0n) is 24.1. The first-order valence-electron chi connectivity index (χ1n) is 15.4. The zero-order valence-corrected chi connectivity index (χ0v) is 24.1. The van der Waals surface area contributed by atoms with Gasteiger partial charge in [-0.1, -0.05) is 60.7 Å². The van der Waals surface area contributed by atoms with Crippen LogP contribution in [0.4, 0.5) is 0 Å². The molecule has 0 N–H and O–H groups in total. The second-order valence-corrected chi connectivity index (χ2v) is 12.1. The van der Waals surface area contributed by atoms with E-state index < -0.39 is 5.66 Å². The molecule has 1 unspecified atom stereocenters. The maximum Gasteiger partial charge on any atom is 0.417 e. The molecule has 4 aromatic heterocycles. The third kappa shape index (κ3) is 2.74. The Kier molecular flexibility index (Phi) is 4.24. The largest absolute Gasteiger partial charge is 0.452 e. The normalized spacial score (nSPS) is 16.1. The van der Waals surface area contributed by atoms with Gasteiger partial charge in [0.05, 0.1) is 11.1 Å². The minimum Gasteiger partial charge on any atom is -0.452 e. The van der Waals surface area contributed by atoms with E-state index in [1.165, 1.54) is 33.6 Å². The third-order valence-electron chi connectivity index (χ3n) is 9.97. The molecule has 1 spiro atoms. The summed E-state index contributed by atoms with van der Waals surface area (Å²) >= 11 is 0. The van der Waals surface area contributed by atoms with E-state index in [9.17, 15) is 0 Å². The van der Waals surface area contributed by atoms with Crippen molar-refractivity contribution in [2.45, 2.75) is 5.66 Å². The Morgan fingerprint density at radius 1 is 0.444 bits per heavy atom. The van der Waals surface area contributed by atoms with Gasteiger partial charge in [0.25, 0.3) is 0 Å². The predicted octanol–water partition coefficient (Wildman–Crippen LogP) is 8.99. The molecular weight excluding hydrogens is 552 g/mol. The molecule has 0 fully saturated rings. The highest BCUT2D eigenvalue weighted by Crippen LogP contribution is 2.49. The van der Waals surface area contributed by atoms with Crippen LogP contribution in [0.25, 0.3) is 77.5 Å². The van der Waals surface area contributed by atoms with E-state index in [0.717, 1.165) is 55.0 Å². The fourth-order valence-corrected chi connectivity index (χ4v) is 8.20. The SMILES string of the molecule is c1ccc2c(c1)-c1cccc[n+]1C21c2ccccc2-c2cc(-c3cc4c5ccccc5oc4c4oc5ccccc5c34)cc[n+]21. The summed E-state index contributed by atoms with van der Waals surface area (Å²) < 4.78 is 17.9. The summed E-state index contributed by atoms with van der Waals surface area (Å²) in [4.78, 5) is 0. The molecule has 0 saturated heterocycles. The first kappa shape index (κ1) is 23.5. The van der Waals surface area contributed by atoms with Crippen LogP contribution in [0.1, 0.15) is 11.1 Å². The second kappa shape index (κ2) is 8.13. The Morgan fingerprint density at radius 2 is 1.07 bits per heavy atom. The van der Waals surface area contributed by atoms with Crippen LogP contribution in [-0.4, -0.2) is 0 Å². The number of rotatable bonds is 1. The van der Waals surface area contributed by atoms with Crippen molar-refractivity contribution in [3.05, 3.63) is 157 Å². The van der Waals surface area contributed by atoms with Gasteiger partial charge in [-0.15, -0.1) is 9.13 Å². The molecule has 4 heteroatoms. The monoisotopic (exact) mass is 576 g/mol. The molecule has 0 bridgehead atoms. The van der Waals surface area contributed by atoms with E-state index in [4.69, 9.17) is 8.83 Å². The lowest BCUT2D eigenvalue weighted by molar-refractivity contribution is -0.955. The topological polar surface area (TPSA) is 34.0 Å². The van der Waals surface area contributed by atoms with Gasteiger partial charge in [-0.25, -0.2) is 0 Å². The Bertz CT molecular complexity index is 2680. The van der Waals surface area contributed by atoms with Crippen molar-refractivity contribution in [3.8, 4) is 33.6 Å². The van der Waals surface area contributed by atoms with Crippen LogP contribution in [0.2, 0.25) is 0 Å². The summed E-state index contributed by atoms with van der Waals surface area (Å²) in [6, 6.07) is 47.7. The molecule has 208 valence electrons. The lowest BCUT2D eigenvalue weighted by Gasteiger charge is -2.17. The van der Waals surface area contributed by atoms with E-state index in [2.05, 4.69) is 131 Å². The predicted molar refractivity (Wildman–Crippen MR) is 176 cm³/mol. The van der Waals surface area contributed by atoms with E-state index in [1.54, 1.807) is 0 Å². The second-order valence-electron chi connectivity index (χ2n) is 12.1. The molecular formula is C41H24N2O2+2. The summed E-state index contributed by atoms with van der Waals surface area (Å²) in [7, 11) is 0. The number of benzene rings is 5. The summed E-state index contributed by atoms with van der Waals surface area (Å²) in [6.45, 7) is 0. The first-order chi connectivity index (χ1) is 22.3. The minimum absolute atomic E-state index is 0.514. The molecule has 0 saturated carbocycles. The lowest BCUT2D eigenvalue weighted by atomic mass is 9.90. The zero-order chi connectivity index (χ0) is 29.3. The molecule has 0 aliphatic carbocycles. The quantitative estimate of drug-likeness (QED) is 0.183. The van der Waals surface area contributed by atoms with Crippen molar-refractivity contribution in [2.24, 2.45) is 0 Å². The van der Waals surface area contributed by atoms with Crippen LogP contribution in [0.3, 0.4) is 0 Å². The van der Waals surface area contributed by atoms with Gasteiger partial charge in [-0.05, 0) is 59.7 Å². The van der Waals surface area contributed by atoms with Gasteiger partial charge in [0.15, 0.2) is 23.6 Å². The first-order valence-corrected chi connectivity index (χ1v) is 15.4. The van der Waals surface area contributed by atoms with Crippen molar-refractivity contribution < 1.29 is 18.0 Å². The van der Waals surface area contributed by atoms with Crippen LogP contribution in [-0.2, 0) is 5.66 Å². The maximum atomic E-state index is 6.56. The molecule has 45 heavy (non-hydrogen) atoms. The highest BCUT2D eigenvalue weighted by molar-refractivity contribution is 6.23. The van der Waals surface area contributed by atoms with Gasteiger partial charge >= 0.3 is 5.66 Å². The molecule has 2 aliphatic heterocycles. The minimum atomic E-state index is -0.514. The Hall–Kier alpha value is -6.00. The fraction of sp³-hybridized carbons (Fsp3) is 0.0244. The highest BCUT2D eigenvalue weighted by atomic mass is 16.4. The van der Waals surface area contributed by atoms with Crippen molar-refractivity contribution in [1.82, 2.24) is 0 Å². The molecule has 11 rings (SSSR count). The van der Waals surface area contributed by atoms with E-state index in [-0.39, 0.29) is 0 Å². The smallest absolute Gasteiger partial charge is 0.417 e. The molecule has 5 aromatic carbocycles. The number of fused-ring (bicyclic) bond motifs is 17. The Balaban J connectivity index is 1.26. The van der Waals surface area contributed by atoms with Gasteiger partial charge < -0.3 is 8.83 Å². The Morgan fingerprint density at radius 3 is 1.89 bits per heavy atom. The number of nitrogens with zero attached hydrogens (tertiary/aromatic N) is 2. The lowest BCUT2D eigenvalue weighted by Crippen LogP contribution is -2.71. The molecule has 0 amide bonds. The van der Waals surface area contributed by atoms with Crippen molar-refractivity contribution in [1.29, 1.82) is 0 Å². The van der Waals surface area contributed by atoms with Crippen LogP contribution < -0.4 is 9.13 Å². The molecule has 1 atom stereocenters. The molecule has 6 heterocycles. The number of aromatic nitrogens is 2. The van der Waals surface area contributed by atoms with Crippen LogP contribution >= 0.6 is 0 Å². The number of hydrogen-bond donors (Lipinski definition) is 0. The molecule has 0 radical (unpaired) electrons. The molecule has 2 aliphatic rings. The van der Waals surface area contributed by atoms with Gasteiger partial charge in [0, 0.05) is 45.8 Å². The number of hydrogen-bond acceptors (Lipinski definition) is 2. The van der Waals surface area contributed by atoms with Gasteiger partial charge in [0.2, 0.25) is 11.4 Å². The summed E-state index contributed by atoms with van der Waals surface area (Å²) in [5, 5.41) is 4.32. The van der Waals surface area contributed by atoms with Gasteiger partial charge in [-0.2, -0.15) is 0 Å². The Labute approximate surface area is 257 Å². The maximum absolute atomic E-state index is 6.56. The van der Waals surface area contributed by atoms with E-state index in [0.29, 0.717) is 0 Å². The average molecular weight is 577 g/mol. The third-order valence-corrected chi connectivity index (χ3v) is 9.97. The van der Waals surface area contributed by atoms with Gasteiger partial charge in [-0.3, -0.25) is 0 Å². The fourth-order valence-electron chi connectivity index (χ4n) is 8.20. The summed E-state index contributed by atoms with van der Waals surface area (Å²) in [5.74, 6) is 0. The van der Waals surface area contributed by atoms with Gasteiger partial charge in [0.1, 0.15) is 22.3 Å². The van der Waals surface area contributed by atoms with E-state index >= 15 is 0 Å². The van der Waals surface area contributed by atoms with Crippen LogP contribution in [0.5, 0.6) is 0 Å². The average Bonchev–Trinajstić information content (AvgIpc) is 3.83. The van der Waals surface area contributed by atoms with Crippen LogP contribution in [0.15, 0.2) is 155 Å². The standard InChI is InChI=1S/C41H24N2O2/c1-5-15-32-27(12-1)34-17-9-10-21-42(34)41(32)33-16-6-2-13-28(33)35-23-25(20-22-43(35)41)30-24-31-26-11-3-7-18-36(26)44-39(31)40-38(30)29-14-4-8-19-37(29)45-40/h1-24H/q+2. The van der Waals surface area contributed by atoms with Crippen molar-refractivity contribution in [2.75, 3.05) is 0 Å². The molecule has 4 nitrogen and oxygen atoms in total. The van der Waals surface area contributed by atoms with Crippen LogP contribution in [0, 0.1) is 0 Å². The summed E-state index contributed by atoms with van der Waals surface area (Å²) in [5.41, 5.74) is 12.5. The highest BCUT2D eigenvalue weighted by Gasteiger charge is 2.66. The molecule has 9 aromatic rings. The van der Waals surface area contributed by atoms with E-state index in [1.807, 2.05) is 24.3 Å². The number of para-hydroxylation sites is 2. The summed E-state index contributed by atoms with van der Waals surface area (Å²) in [6.07, 6.45) is 4.50. The number of furan rings is 2. The van der Waals surface area contributed by atoms with Crippen molar-refractivity contribution >= 4 is 43.9 Å². The van der Waals surface area contributed by atoms with Crippen molar-refractivity contribution in [3.63, 3.8) is 0 Å².